The number of hydrogen-bond donors (Lipinski definition) is 1. The van der Waals surface area contributed by atoms with Crippen LogP contribution < -0.4 is 4.74 Å². The van der Waals surface area contributed by atoms with Crippen LogP contribution in [0.4, 0.5) is 0 Å². The molecule has 8 heteroatoms. The largest absolute Gasteiger partial charge is 0.503 e. The highest BCUT2D eigenvalue weighted by molar-refractivity contribution is 6.15. The van der Waals surface area contributed by atoms with Gasteiger partial charge < -0.3 is 23.9 Å². The molecule has 2 aliphatic rings. The smallest absolute Gasteiger partial charge is 0.290 e. The summed E-state index contributed by atoms with van der Waals surface area (Å²) in [7, 11) is 0. The van der Waals surface area contributed by atoms with Gasteiger partial charge in [-0.3, -0.25) is 14.5 Å². The minimum Gasteiger partial charge on any atom is -0.503 e. The Morgan fingerprint density at radius 3 is 2.73 bits per heavy atom. The molecule has 1 aromatic carbocycles. The van der Waals surface area contributed by atoms with Crippen LogP contribution in [0.25, 0.3) is 0 Å². The normalized spacial score (nSPS) is 19.4. The number of rotatable bonds is 10. The quantitative estimate of drug-likeness (QED) is 0.550. The SMILES string of the molecule is CCCOc1cccc([C@H]2C(C(=O)c3ccco3)=C(O)C(=O)N2CCCN2CCOCC2)c1. The lowest BCUT2D eigenvalue weighted by molar-refractivity contribution is -0.129. The van der Waals surface area contributed by atoms with Crippen LogP contribution in [-0.4, -0.2) is 72.6 Å². The highest BCUT2D eigenvalue weighted by Crippen LogP contribution is 2.40. The second-order valence-corrected chi connectivity index (χ2v) is 8.20. The monoisotopic (exact) mass is 454 g/mol. The molecule has 0 aliphatic carbocycles. The number of ether oxygens (including phenoxy) is 2. The molecule has 1 fully saturated rings. The molecule has 0 unspecified atom stereocenters. The number of aliphatic hydroxyl groups is 1. The summed E-state index contributed by atoms with van der Waals surface area (Å²) in [6, 6.07) is 9.78. The van der Waals surface area contributed by atoms with Crippen molar-refractivity contribution >= 4 is 11.7 Å². The average Bonchev–Trinajstić information content (AvgIpc) is 3.46. The van der Waals surface area contributed by atoms with Crippen molar-refractivity contribution in [2.45, 2.75) is 25.8 Å². The molecule has 3 heterocycles. The van der Waals surface area contributed by atoms with Gasteiger partial charge in [0, 0.05) is 26.2 Å². The van der Waals surface area contributed by atoms with Crippen LogP contribution >= 0.6 is 0 Å². The number of aliphatic hydroxyl groups excluding tert-OH is 1. The molecular weight excluding hydrogens is 424 g/mol. The Kier molecular flexibility index (Phi) is 7.47. The number of Topliss-reactive ketones (excluding diaryl/α,β-unsaturated/α-hetero) is 1. The van der Waals surface area contributed by atoms with Crippen LogP contribution in [0.3, 0.4) is 0 Å². The lowest BCUT2D eigenvalue weighted by atomic mass is 9.95. The standard InChI is InChI=1S/C25H30N2O6/c1-2-13-32-19-7-3-6-18(17-19)22-21(23(28)20-8-4-14-33-20)24(29)25(30)27(22)10-5-9-26-11-15-31-16-12-26/h3-4,6-8,14,17,22,29H,2,5,9-13,15-16H2,1H3/t22-/m0/s1. The Morgan fingerprint density at radius 2 is 2.00 bits per heavy atom. The Morgan fingerprint density at radius 1 is 1.18 bits per heavy atom. The van der Waals surface area contributed by atoms with Crippen molar-refractivity contribution in [2.75, 3.05) is 46.0 Å². The maximum Gasteiger partial charge on any atom is 0.290 e. The Bertz CT molecular complexity index is 994. The van der Waals surface area contributed by atoms with Crippen molar-refractivity contribution in [1.82, 2.24) is 9.80 Å². The van der Waals surface area contributed by atoms with Gasteiger partial charge in [0.2, 0.25) is 5.78 Å². The van der Waals surface area contributed by atoms with E-state index in [0.29, 0.717) is 44.1 Å². The number of hydrogen-bond acceptors (Lipinski definition) is 7. The fourth-order valence-corrected chi connectivity index (χ4v) is 4.29. The molecule has 2 aliphatic heterocycles. The van der Waals surface area contributed by atoms with E-state index in [1.165, 1.54) is 12.3 Å². The predicted molar refractivity (Wildman–Crippen MR) is 121 cm³/mol. The van der Waals surface area contributed by atoms with E-state index in [9.17, 15) is 14.7 Å². The van der Waals surface area contributed by atoms with Crippen LogP contribution in [0.5, 0.6) is 5.75 Å². The van der Waals surface area contributed by atoms with Crippen LogP contribution in [0.2, 0.25) is 0 Å². The third-order valence-electron chi connectivity index (χ3n) is 5.92. The molecule has 4 rings (SSSR count). The maximum atomic E-state index is 13.2. The zero-order valence-corrected chi connectivity index (χ0v) is 18.9. The Labute approximate surface area is 193 Å². The summed E-state index contributed by atoms with van der Waals surface area (Å²) < 4.78 is 16.4. The zero-order chi connectivity index (χ0) is 23.2. The van der Waals surface area contributed by atoms with Gasteiger partial charge in [0.05, 0.1) is 37.7 Å². The molecule has 8 nitrogen and oxygen atoms in total. The molecule has 1 amide bonds. The minimum absolute atomic E-state index is 0.0361. The second-order valence-electron chi connectivity index (χ2n) is 8.20. The molecule has 2 aromatic rings. The molecule has 176 valence electrons. The summed E-state index contributed by atoms with van der Waals surface area (Å²) in [5.74, 6) is -0.815. The fraction of sp³-hybridized carbons (Fsp3) is 0.440. The molecule has 1 saturated heterocycles. The van der Waals surface area contributed by atoms with Crippen molar-refractivity contribution in [3.63, 3.8) is 0 Å². The van der Waals surface area contributed by atoms with E-state index in [1.54, 1.807) is 11.0 Å². The topological polar surface area (TPSA) is 92.5 Å². The number of ketones is 1. The van der Waals surface area contributed by atoms with Gasteiger partial charge in [-0.2, -0.15) is 0 Å². The van der Waals surface area contributed by atoms with Crippen LogP contribution in [0.15, 0.2) is 58.4 Å². The van der Waals surface area contributed by atoms with Gasteiger partial charge in [-0.25, -0.2) is 0 Å². The number of nitrogens with zero attached hydrogens (tertiary/aromatic N) is 2. The molecule has 1 atom stereocenters. The first-order valence-electron chi connectivity index (χ1n) is 11.4. The Hall–Kier alpha value is -3.10. The number of carbonyl (C=O) groups is 2. The maximum absolute atomic E-state index is 13.2. The fourth-order valence-electron chi connectivity index (χ4n) is 4.29. The lowest BCUT2D eigenvalue weighted by Gasteiger charge is -2.30. The Balaban J connectivity index is 1.61. The predicted octanol–water partition coefficient (Wildman–Crippen LogP) is 3.37. The molecule has 0 spiro atoms. The number of furan rings is 1. The van der Waals surface area contributed by atoms with Crippen LogP contribution in [0.1, 0.15) is 41.9 Å². The summed E-state index contributed by atoms with van der Waals surface area (Å²) in [5, 5.41) is 10.8. The number of carbonyl (C=O) groups excluding carboxylic acids is 2. The van der Waals surface area contributed by atoms with Gasteiger partial charge in [0.1, 0.15) is 5.75 Å². The van der Waals surface area contributed by atoms with E-state index in [4.69, 9.17) is 13.9 Å². The van der Waals surface area contributed by atoms with E-state index in [2.05, 4.69) is 4.90 Å². The van der Waals surface area contributed by atoms with E-state index in [1.807, 2.05) is 31.2 Å². The van der Waals surface area contributed by atoms with Crippen LogP contribution in [-0.2, 0) is 9.53 Å². The highest BCUT2D eigenvalue weighted by atomic mass is 16.5. The van der Waals surface area contributed by atoms with E-state index >= 15 is 0 Å². The van der Waals surface area contributed by atoms with Gasteiger partial charge in [-0.05, 0) is 42.7 Å². The third kappa shape index (κ3) is 5.12. The molecule has 1 aromatic heterocycles. The molecule has 0 saturated carbocycles. The summed E-state index contributed by atoms with van der Waals surface area (Å²) in [6.07, 6.45) is 2.97. The van der Waals surface area contributed by atoms with Gasteiger partial charge >= 0.3 is 0 Å². The van der Waals surface area contributed by atoms with Crippen molar-refractivity contribution in [3.8, 4) is 5.75 Å². The molecule has 0 bridgehead atoms. The average molecular weight is 455 g/mol. The van der Waals surface area contributed by atoms with Gasteiger partial charge in [0.15, 0.2) is 11.5 Å². The van der Waals surface area contributed by atoms with Crippen molar-refractivity contribution in [2.24, 2.45) is 0 Å². The zero-order valence-electron chi connectivity index (χ0n) is 18.9. The highest BCUT2D eigenvalue weighted by Gasteiger charge is 2.44. The second kappa shape index (κ2) is 10.7. The van der Waals surface area contributed by atoms with E-state index < -0.39 is 23.5 Å². The van der Waals surface area contributed by atoms with Crippen molar-refractivity contribution < 1.29 is 28.6 Å². The number of amides is 1. The molecule has 0 radical (unpaired) electrons. The lowest BCUT2D eigenvalue weighted by Crippen LogP contribution is -2.39. The van der Waals surface area contributed by atoms with Crippen LogP contribution in [0, 0.1) is 0 Å². The first-order valence-corrected chi connectivity index (χ1v) is 11.4. The summed E-state index contributed by atoms with van der Waals surface area (Å²) in [5.41, 5.74) is 0.747. The third-order valence-corrected chi connectivity index (χ3v) is 5.92. The number of benzene rings is 1. The first kappa shape index (κ1) is 23.1. The summed E-state index contributed by atoms with van der Waals surface area (Å²) in [6.45, 7) is 6.94. The molecular formula is C25H30N2O6. The summed E-state index contributed by atoms with van der Waals surface area (Å²) in [4.78, 5) is 30.2. The van der Waals surface area contributed by atoms with E-state index in [-0.39, 0.29) is 11.3 Å². The van der Waals surface area contributed by atoms with Gasteiger partial charge in [-0.1, -0.05) is 19.1 Å². The molecule has 33 heavy (non-hydrogen) atoms. The first-order chi connectivity index (χ1) is 16.1. The number of morpholine rings is 1. The van der Waals surface area contributed by atoms with E-state index in [0.717, 1.165) is 26.1 Å². The van der Waals surface area contributed by atoms with Gasteiger partial charge in [-0.15, -0.1) is 0 Å². The van der Waals surface area contributed by atoms with Crippen molar-refractivity contribution in [1.29, 1.82) is 0 Å². The van der Waals surface area contributed by atoms with Gasteiger partial charge in [0.25, 0.3) is 5.91 Å². The van der Waals surface area contributed by atoms with Crippen molar-refractivity contribution in [3.05, 3.63) is 65.3 Å². The summed E-state index contributed by atoms with van der Waals surface area (Å²) >= 11 is 0. The minimum atomic E-state index is -0.718. The molecule has 1 N–H and O–H groups in total.